The van der Waals surface area contributed by atoms with Crippen LogP contribution >= 0.6 is 0 Å². The van der Waals surface area contributed by atoms with Crippen LogP contribution in [0.15, 0.2) is 54.6 Å². The van der Waals surface area contributed by atoms with Crippen molar-refractivity contribution in [2.75, 3.05) is 44.6 Å². The number of para-hydroxylation sites is 1. The average Bonchev–Trinajstić information content (AvgIpc) is 2.75. The normalized spacial score (nSPS) is 16.2. The number of hydrogen-bond acceptors (Lipinski definition) is 5. The van der Waals surface area contributed by atoms with E-state index >= 15 is 0 Å². The van der Waals surface area contributed by atoms with Crippen molar-refractivity contribution in [2.24, 2.45) is 0 Å². The van der Waals surface area contributed by atoms with Gasteiger partial charge in [-0.3, -0.25) is 19.4 Å². The van der Waals surface area contributed by atoms with Crippen molar-refractivity contribution in [3.05, 3.63) is 60.2 Å². The third-order valence-corrected chi connectivity index (χ3v) is 5.31. The average molecular weight is 396 g/mol. The van der Waals surface area contributed by atoms with Crippen molar-refractivity contribution >= 4 is 17.4 Å². The molecule has 1 fully saturated rings. The molecule has 0 saturated carbocycles. The maximum Gasteiger partial charge on any atom is 0.241 e. The van der Waals surface area contributed by atoms with Crippen LogP contribution in [0.4, 0.5) is 5.69 Å². The Morgan fingerprint density at radius 3 is 2.28 bits per heavy atom. The highest BCUT2D eigenvalue weighted by Gasteiger charge is 2.25. The molecule has 0 spiro atoms. The number of rotatable bonds is 8. The molecule has 1 heterocycles. The van der Waals surface area contributed by atoms with Crippen LogP contribution in [-0.2, 0) is 4.79 Å². The quantitative estimate of drug-likeness (QED) is 0.697. The second-order valence-corrected chi connectivity index (χ2v) is 7.34. The van der Waals surface area contributed by atoms with Crippen LogP contribution in [0.3, 0.4) is 0 Å². The first-order valence-corrected chi connectivity index (χ1v) is 10.1. The summed E-state index contributed by atoms with van der Waals surface area (Å²) in [5.41, 5.74) is 1.35. The smallest absolute Gasteiger partial charge is 0.241 e. The summed E-state index contributed by atoms with van der Waals surface area (Å²) in [6, 6.07) is 16.7. The molecule has 0 radical (unpaired) electrons. The zero-order chi connectivity index (χ0) is 20.6. The van der Waals surface area contributed by atoms with E-state index in [9.17, 15) is 9.59 Å². The number of piperazine rings is 1. The van der Waals surface area contributed by atoms with E-state index in [4.69, 9.17) is 4.74 Å². The molecule has 29 heavy (non-hydrogen) atoms. The van der Waals surface area contributed by atoms with Crippen molar-refractivity contribution in [1.82, 2.24) is 9.80 Å². The van der Waals surface area contributed by atoms with Gasteiger partial charge in [-0.05, 0) is 50.2 Å². The zero-order valence-electron chi connectivity index (χ0n) is 17.1. The monoisotopic (exact) mass is 395 g/mol. The van der Waals surface area contributed by atoms with Crippen LogP contribution < -0.4 is 10.1 Å². The van der Waals surface area contributed by atoms with Gasteiger partial charge >= 0.3 is 0 Å². The lowest BCUT2D eigenvalue weighted by molar-refractivity contribution is -0.121. The molecule has 2 aromatic carbocycles. The number of nitrogens with zero attached hydrogens (tertiary/aromatic N) is 2. The molecule has 154 valence electrons. The van der Waals surface area contributed by atoms with Gasteiger partial charge in [-0.25, -0.2) is 0 Å². The minimum absolute atomic E-state index is 0.0169. The second-order valence-electron chi connectivity index (χ2n) is 7.34. The Morgan fingerprint density at radius 2 is 1.66 bits per heavy atom. The van der Waals surface area contributed by atoms with Gasteiger partial charge < -0.3 is 10.1 Å². The zero-order valence-corrected chi connectivity index (χ0v) is 17.1. The van der Waals surface area contributed by atoms with Crippen LogP contribution in [0.25, 0.3) is 0 Å². The maximum atomic E-state index is 12.6. The number of ether oxygens (including phenoxy) is 1. The van der Waals surface area contributed by atoms with Crippen molar-refractivity contribution in [3.8, 4) is 5.75 Å². The molecule has 1 atom stereocenters. The summed E-state index contributed by atoms with van der Waals surface area (Å²) in [7, 11) is 0. The molecular weight excluding hydrogens is 366 g/mol. The SMILES string of the molecule is CC(=O)c1ccc(NC(=O)[C@H](C)N2CCN(CCOc3ccccc3)CC2)cc1. The number of benzene rings is 2. The molecule has 0 bridgehead atoms. The Kier molecular flexibility index (Phi) is 7.38. The highest BCUT2D eigenvalue weighted by atomic mass is 16.5. The highest BCUT2D eigenvalue weighted by molar-refractivity contribution is 5.96. The molecule has 6 nitrogen and oxygen atoms in total. The van der Waals surface area contributed by atoms with E-state index in [1.165, 1.54) is 6.92 Å². The van der Waals surface area contributed by atoms with Gasteiger partial charge in [0.2, 0.25) is 5.91 Å². The third kappa shape index (κ3) is 6.14. The number of Topliss-reactive ketones (excluding diaryl/α,β-unsaturated/α-hetero) is 1. The van der Waals surface area contributed by atoms with Crippen molar-refractivity contribution < 1.29 is 14.3 Å². The Labute approximate surface area is 172 Å². The van der Waals surface area contributed by atoms with E-state index in [-0.39, 0.29) is 17.7 Å². The predicted molar refractivity (Wildman–Crippen MR) is 114 cm³/mol. The largest absolute Gasteiger partial charge is 0.492 e. The van der Waals surface area contributed by atoms with Gasteiger partial charge in [-0.1, -0.05) is 18.2 Å². The van der Waals surface area contributed by atoms with Crippen molar-refractivity contribution in [1.29, 1.82) is 0 Å². The maximum absolute atomic E-state index is 12.6. The summed E-state index contributed by atoms with van der Waals surface area (Å²) in [5.74, 6) is 0.887. The highest BCUT2D eigenvalue weighted by Crippen LogP contribution is 2.13. The fourth-order valence-corrected chi connectivity index (χ4v) is 3.38. The second kappa shape index (κ2) is 10.2. The molecule has 1 aliphatic rings. The lowest BCUT2D eigenvalue weighted by atomic mass is 10.1. The Hall–Kier alpha value is -2.70. The predicted octanol–water partition coefficient (Wildman–Crippen LogP) is 2.91. The summed E-state index contributed by atoms with van der Waals surface area (Å²) in [5, 5.41) is 2.94. The fraction of sp³-hybridized carbons (Fsp3) is 0.391. The van der Waals surface area contributed by atoms with Gasteiger partial charge in [0, 0.05) is 44.0 Å². The number of carbonyl (C=O) groups excluding carboxylic acids is 2. The topological polar surface area (TPSA) is 61.9 Å². The van der Waals surface area contributed by atoms with Gasteiger partial charge in [0.25, 0.3) is 0 Å². The molecule has 3 rings (SSSR count). The van der Waals surface area contributed by atoms with Crippen LogP contribution in [0.5, 0.6) is 5.75 Å². The number of ketones is 1. The Bertz CT molecular complexity index is 800. The van der Waals surface area contributed by atoms with E-state index < -0.39 is 0 Å². The molecule has 1 saturated heterocycles. The fourth-order valence-electron chi connectivity index (χ4n) is 3.38. The molecule has 1 aliphatic heterocycles. The Morgan fingerprint density at radius 1 is 1.00 bits per heavy atom. The lowest BCUT2D eigenvalue weighted by Crippen LogP contribution is -2.53. The van der Waals surface area contributed by atoms with Gasteiger partial charge in [0.05, 0.1) is 6.04 Å². The number of amides is 1. The number of hydrogen-bond donors (Lipinski definition) is 1. The van der Waals surface area contributed by atoms with Gasteiger partial charge in [0.1, 0.15) is 12.4 Å². The number of anilines is 1. The van der Waals surface area contributed by atoms with Crippen molar-refractivity contribution in [3.63, 3.8) is 0 Å². The summed E-state index contributed by atoms with van der Waals surface area (Å²) in [6.45, 7) is 8.55. The summed E-state index contributed by atoms with van der Waals surface area (Å²) in [4.78, 5) is 28.5. The van der Waals surface area contributed by atoms with Gasteiger partial charge in [-0.2, -0.15) is 0 Å². The molecular formula is C23H29N3O3. The van der Waals surface area contributed by atoms with E-state index in [1.807, 2.05) is 37.3 Å². The molecule has 0 unspecified atom stereocenters. The first-order chi connectivity index (χ1) is 14.0. The summed E-state index contributed by atoms with van der Waals surface area (Å²) < 4.78 is 5.77. The van der Waals surface area contributed by atoms with Crippen LogP contribution in [0, 0.1) is 0 Å². The van der Waals surface area contributed by atoms with Crippen LogP contribution in [0.2, 0.25) is 0 Å². The molecule has 2 aromatic rings. The molecule has 6 heteroatoms. The third-order valence-electron chi connectivity index (χ3n) is 5.31. The summed E-state index contributed by atoms with van der Waals surface area (Å²) >= 11 is 0. The van der Waals surface area contributed by atoms with Gasteiger partial charge in [-0.15, -0.1) is 0 Å². The number of nitrogens with one attached hydrogen (secondary N) is 1. The van der Waals surface area contributed by atoms with Crippen LogP contribution in [-0.4, -0.2) is 66.9 Å². The first-order valence-electron chi connectivity index (χ1n) is 10.1. The lowest BCUT2D eigenvalue weighted by Gasteiger charge is -2.37. The van der Waals surface area contributed by atoms with E-state index in [2.05, 4.69) is 15.1 Å². The molecule has 1 N–H and O–H groups in total. The minimum Gasteiger partial charge on any atom is -0.492 e. The van der Waals surface area contributed by atoms with Gasteiger partial charge in [0.15, 0.2) is 5.78 Å². The molecule has 1 amide bonds. The molecule has 0 aromatic heterocycles. The van der Waals surface area contributed by atoms with E-state index in [0.717, 1.165) is 38.5 Å². The Balaban J connectivity index is 1.40. The molecule has 0 aliphatic carbocycles. The standard InChI is InChI=1S/C23H29N3O3/c1-18(23(28)24-21-10-8-20(9-11-21)19(2)27)26-14-12-25(13-15-26)16-17-29-22-6-4-3-5-7-22/h3-11,18H,12-17H2,1-2H3,(H,24,28)/t18-/m0/s1. The van der Waals surface area contributed by atoms with Crippen molar-refractivity contribution in [2.45, 2.75) is 19.9 Å². The van der Waals surface area contributed by atoms with E-state index in [0.29, 0.717) is 17.9 Å². The minimum atomic E-state index is -0.204. The summed E-state index contributed by atoms with van der Waals surface area (Å²) in [6.07, 6.45) is 0. The van der Waals surface area contributed by atoms with Crippen LogP contribution in [0.1, 0.15) is 24.2 Å². The van der Waals surface area contributed by atoms with E-state index in [1.54, 1.807) is 24.3 Å². The number of carbonyl (C=O) groups is 2. The first kappa shape index (κ1) is 21.0.